The average Bonchev–Trinajstić information content (AvgIpc) is 2.00. The normalized spacial score (nSPS) is 8.58. The number of rotatable bonds is 5. The minimum atomic E-state index is -0.942. The third-order valence-corrected chi connectivity index (χ3v) is 1.07. The number of carbonyl (C=O) groups excluding carboxylic acids is 1. The summed E-state index contributed by atoms with van der Waals surface area (Å²) in [4.78, 5) is 20.6. The maximum absolute atomic E-state index is 10.6. The Morgan fingerprint density at radius 1 is 1.42 bits per heavy atom. The maximum Gasteiger partial charge on any atom is 0.306 e. The van der Waals surface area contributed by atoms with Gasteiger partial charge in [0.2, 0.25) is 0 Å². The molecule has 0 atom stereocenters. The molecule has 0 aliphatic heterocycles. The molecule has 5 heteroatoms. The molecule has 0 spiro atoms. The lowest BCUT2D eigenvalue weighted by Gasteiger charge is -1.97. The summed E-state index contributed by atoms with van der Waals surface area (Å²) < 4.78 is 4.38. The molecule has 0 unspecified atom stereocenters. The Balaban J connectivity index is 3.33. The predicted octanol–water partition coefficient (Wildman–Crippen LogP) is 0.308. The Bertz CT molecular complexity index is 206. The standard InChI is InChI=1S/C7H9NO4/c8-4-5-12-7(11)3-1-2-6(9)10/h1-3,5H2,(H,9,10). The second-order valence-electron chi connectivity index (χ2n) is 2.07. The molecule has 0 aromatic carbocycles. The van der Waals surface area contributed by atoms with E-state index in [0.29, 0.717) is 0 Å². The van der Waals surface area contributed by atoms with Crippen molar-refractivity contribution in [3.8, 4) is 6.07 Å². The Kier molecular flexibility index (Phi) is 5.35. The molecule has 0 saturated heterocycles. The number of hydrogen-bond acceptors (Lipinski definition) is 4. The van der Waals surface area contributed by atoms with E-state index in [9.17, 15) is 9.59 Å². The third kappa shape index (κ3) is 6.55. The van der Waals surface area contributed by atoms with Crippen LogP contribution in [-0.4, -0.2) is 23.7 Å². The van der Waals surface area contributed by atoms with Gasteiger partial charge in [-0.3, -0.25) is 9.59 Å². The van der Waals surface area contributed by atoms with Crippen LogP contribution >= 0.6 is 0 Å². The van der Waals surface area contributed by atoms with Gasteiger partial charge in [-0.2, -0.15) is 5.26 Å². The number of aliphatic carboxylic acids is 1. The van der Waals surface area contributed by atoms with E-state index >= 15 is 0 Å². The average molecular weight is 171 g/mol. The molecule has 0 aromatic heterocycles. The molecule has 0 fully saturated rings. The summed E-state index contributed by atoms with van der Waals surface area (Å²) in [7, 11) is 0. The Morgan fingerprint density at radius 3 is 2.58 bits per heavy atom. The highest BCUT2D eigenvalue weighted by Crippen LogP contribution is 1.96. The SMILES string of the molecule is N#CCOC(=O)CCCC(=O)O. The first-order valence-corrected chi connectivity index (χ1v) is 3.41. The van der Waals surface area contributed by atoms with Crippen LogP contribution in [-0.2, 0) is 14.3 Å². The zero-order chi connectivity index (χ0) is 9.40. The van der Waals surface area contributed by atoms with Crippen LogP contribution in [0.1, 0.15) is 19.3 Å². The largest absolute Gasteiger partial charge is 0.481 e. The number of nitrogens with zero attached hydrogens (tertiary/aromatic N) is 1. The van der Waals surface area contributed by atoms with Gasteiger partial charge >= 0.3 is 11.9 Å². The molecule has 0 heterocycles. The first-order valence-electron chi connectivity index (χ1n) is 3.41. The van der Waals surface area contributed by atoms with Crippen molar-refractivity contribution in [2.24, 2.45) is 0 Å². The molecule has 0 radical (unpaired) electrons. The van der Waals surface area contributed by atoms with Crippen LogP contribution in [0, 0.1) is 11.3 Å². The van der Waals surface area contributed by atoms with Crippen LogP contribution in [0.2, 0.25) is 0 Å². The quantitative estimate of drug-likeness (QED) is 0.601. The molecular weight excluding hydrogens is 162 g/mol. The lowest BCUT2D eigenvalue weighted by molar-refractivity contribution is -0.142. The third-order valence-electron chi connectivity index (χ3n) is 1.07. The van der Waals surface area contributed by atoms with Crippen molar-refractivity contribution >= 4 is 11.9 Å². The maximum atomic E-state index is 10.6. The molecule has 0 amide bonds. The van der Waals surface area contributed by atoms with Gasteiger partial charge in [-0.15, -0.1) is 0 Å². The number of hydrogen-bond donors (Lipinski definition) is 1. The highest BCUT2D eigenvalue weighted by atomic mass is 16.5. The molecule has 0 saturated carbocycles. The van der Waals surface area contributed by atoms with Gasteiger partial charge in [0, 0.05) is 12.8 Å². The Hall–Kier alpha value is -1.57. The van der Waals surface area contributed by atoms with Crippen molar-refractivity contribution in [2.75, 3.05) is 6.61 Å². The first-order chi connectivity index (χ1) is 5.66. The van der Waals surface area contributed by atoms with E-state index in [4.69, 9.17) is 10.4 Å². The van der Waals surface area contributed by atoms with Gasteiger partial charge in [0.15, 0.2) is 6.61 Å². The minimum Gasteiger partial charge on any atom is -0.481 e. The highest BCUT2D eigenvalue weighted by Gasteiger charge is 2.03. The van der Waals surface area contributed by atoms with Gasteiger partial charge in [0.05, 0.1) is 0 Å². The molecule has 66 valence electrons. The fourth-order valence-electron chi connectivity index (χ4n) is 0.569. The van der Waals surface area contributed by atoms with E-state index in [1.165, 1.54) is 0 Å². The molecule has 0 aliphatic rings. The van der Waals surface area contributed by atoms with Crippen LogP contribution < -0.4 is 0 Å². The number of esters is 1. The van der Waals surface area contributed by atoms with E-state index < -0.39 is 11.9 Å². The van der Waals surface area contributed by atoms with Crippen molar-refractivity contribution in [3.05, 3.63) is 0 Å². The van der Waals surface area contributed by atoms with Crippen LogP contribution in [0.25, 0.3) is 0 Å². The van der Waals surface area contributed by atoms with Crippen molar-refractivity contribution in [1.82, 2.24) is 0 Å². The summed E-state index contributed by atoms with van der Waals surface area (Å²) in [6.45, 7) is -0.272. The van der Waals surface area contributed by atoms with Gasteiger partial charge in [-0.25, -0.2) is 0 Å². The summed E-state index contributed by atoms with van der Waals surface area (Å²) in [5.41, 5.74) is 0. The summed E-state index contributed by atoms with van der Waals surface area (Å²) in [6.07, 6.45) is 0.245. The first kappa shape index (κ1) is 10.4. The van der Waals surface area contributed by atoms with Crippen molar-refractivity contribution < 1.29 is 19.4 Å². The van der Waals surface area contributed by atoms with Gasteiger partial charge in [-0.05, 0) is 6.42 Å². The number of nitriles is 1. The van der Waals surface area contributed by atoms with Crippen LogP contribution in [0.3, 0.4) is 0 Å². The van der Waals surface area contributed by atoms with E-state index in [1.807, 2.05) is 0 Å². The van der Waals surface area contributed by atoms with Gasteiger partial charge in [0.25, 0.3) is 0 Å². The fraction of sp³-hybridized carbons (Fsp3) is 0.571. The lowest BCUT2D eigenvalue weighted by Crippen LogP contribution is -2.05. The molecule has 0 rings (SSSR count). The molecule has 12 heavy (non-hydrogen) atoms. The minimum absolute atomic E-state index is 0.0496. The van der Waals surface area contributed by atoms with Crippen LogP contribution in [0.15, 0.2) is 0 Å². The summed E-state index contributed by atoms with van der Waals surface area (Å²) >= 11 is 0. The number of carbonyl (C=O) groups is 2. The zero-order valence-corrected chi connectivity index (χ0v) is 6.45. The molecular formula is C7H9NO4. The smallest absolute Gasteiger partial charge is 0.306 e. The topological polar surface area (TPSA) is 87.4 Å². The Morgan fingerprint density at radius 2 is 2.08 bits per heavy atom. The van der Waals surface area contributed by atoms with Gasteiger partial charge in [-0.1, -0.05) is 0 Å². The van der Waals surface area contributed by atoms with E-state index in [2.05, 4.69) is 4.74 Å². The molecule has 0 bridgehead atoms. The second-order valence-corrected chi connectivity index (χ2v) is 2.07. The second kappa shape index (κ2) is 6.16. The van der Waals surface area contributed by atoms with E-state index in [0.717, 1.165) is 0 Å². The zero-order valence-electron chi connectivity index (χ0n) is 6.45. The molecule has 1 N–H and O–H groups in total. The molecule has 0 aliphatic carbocycles. The van der Waals surface area contributed by atoms with Crippen molar-refractivity contribution in [2.45, 2.75) is 19.3 Å². The summed E-state index contributed by atoms with van der Waals surface area (Å²) in [5, 5.41) is 16.2. The van der Waals surface area contributed by atoms with Gasteiger partial charge < -0.3 is 9.84 Å². The lowest BCUT2D eigenvalue weighted by atomic mass is 10.2. The monoisotopic (exact) mass is 171 g/mol. The van der Waals surface area contributed by atoms with Crippen molar-refractivity contribution in [1.29, 1.82) is 5.26 Å². The Labute approximate surface area is 69.6 Å². The highest BCUT2D eigenvalue weighted by molar-refractivity contribution is 5.71. The molecule has 5 nitrogen and oxygen atoms in total. The molecule has 0 aromatic rings. The number of carboxylic acid groups (broad SMARTS) is 1. The van der Waals surface area contributed by atoms with Crippen LogP contribution in [0.5, 0.6) is 0 Å². The van der Waals surface area contributed by atoms with Crippen molar-refractivity contribution in [3.63, 3.8) is 0 Å². The predicted molar refractivity (Wildman–Crippen MR) is 38.1 cm³/mol. The fourth-order valence-corrected chi connectivity index (χ4v) is 0.569. The van der Waals surface area contributed by atoms with E-state index in [-0.39, 0.29) is 25.9 Å². The van der Waals surface area contributed by atoms with E-state index in [1.54, 1.807) is 6.07 Å². The summed E-state index contributed by atoms with van der Waals surface area (Å²) in [5.74, 6) is -1.47. The van der Waals surface area contributed by atoms with Gasteiger partial charge in [0.1, 0.15) is 6.07 Å². The van der Waals surface area contributed by atoms with Crippen LogP contribution in [0.4, 0.5) is 0 Å². The number of ether oxygens (including phenoxy) is 1. The summed E-state index contributed by atoms with van der Waals surface area (Å²) in [6, 6.07) is 1.64. The number of carboxylic acids is 1.